The first-order valence-corrected chi connectivity index (χ1v) is 8.81. The second kappa shape index (κ2) is 6.40. The lowest BCUT2D eigenvalue weighted by molar-refractivity contribution is -0.384. The summed E-state index contributed by atoms with van der Waals surface area (Å²) in [6.45, 7) is 0.755. The highest BCUT2D eigenvalue weighted by Gasteiger charge is 2.24. The van der Waals surface area contributed by atoms with E-state index in [1.807, 2.05) is 0 Å². The van der Waals surface area contributed by atoms with E-state index in [-0.39, 0.29) is 23.5 Å². The Bertz CT molecular complexity index is 600. The molecule has 1 aromatic carbocycles. The van der Waals surface area contributed by atoms with E-state index in [4.69, 9.17) is 0 Å². The number of benzene rings is 1. The van der Waals surface area contributed by atoms with Gasteiger partial charge in [-0.05, 0) is 25.0 Å². The predicted octanol–water partition coefficient (Wildman–Crippen LogP) is 1.17. The number of sulfone groups is 1. The maximum atomic E-state index is 11.1. The van der Waals surface area contributed by atoms with Crippen molar-refractivity contribution in [1.82, 2.24) is 5.32 Å². The fraction of sp³-hybridized carbons (Fsp3) is 0.538. The number of hydrogen-bond donors (Lipinski definition) is 2. The zero-order valence-electron chi connectivity index (χ0n) is 11.8. The van der Waals surface area contributed by atoms with Crippen molar-refractivity contribution in [2.75, 3.05) is 23.9 Å². The third kappa shape index (κ3) is 4.98. The minimum Gasteiger partial charge on any atom is -0.381 e. The van der Waals surface area contributed by atoms with Gasteiger partial charge in [0.1, 0.15) is 9.84 Å². The monoisotopic (exact) mass is 313 g/mol. The number of hydrogen-bond acceptors (Lipinski definition) is 6. The molecule has 0 saturated carbocycles. The number of nitro benzene ring substituents is 1. The Morgan fingerprint density at radius 2 is 2.05 bits per heavy atom. The van der Waals surface area contributed by atoms with E-state index in [1.165, 1.54) is 18.4 Å². The van der Waals surface area contributed by atoms with E-state index in [0.29, 0.717) is 6.42 Å². The first kappa shape index (κ1) is 15.7. The Hall–Kier alpha value is -1.67. The molecule has 0 aromatic heterocycles. The van der Waals surface area contributed by atoms with Gasteiger partial charge in [-0.3, -0.25) is 10.1 Å². The first-order valence-electron chi connectivity index (χ1n) is 6.75. The number of nitrogens with one attached hydrogen (secondary N) is 2. The van der Waals surface area contributed by atoms with Crippen LogP contribution >= 0.6 is 0 Å². The number of rotatable bonds is 6. The molecule has 1 aromatic rings. The van der Waals surface area contributed by atoms with Gasteiger partial charge in [0.15, 0.2) is 0 Å². The van der Waals surface area contributed by atoms with Crippen molar-refractivity contribution in [3.63, 3.8) is 0 Å². The Morgan fingerprint density at radius 3 is 2.62 bits per heavy atom. The lowest BCUT2D eigenvalue weighted by atomic mass is 10.1. The lowest BCUT2D eigenvalue weighted by Gasteiger charge is -2.13. The summed E-state index contributed by atoms with van der Waals surface area (Å²) >= 11 is 0. The normalized spacial score (nSPS) is 22.1. The molecule has 2 unspecified atom stereocenters. The molecule has 2 rings (SSSR count). The van der Waals surface area contributed by atoms with Crippen molar-refractivity contribution in [2.24, 2.45) is 0 Å². The number of nitro groups is 1. The maximum Gasteiger partial charge on any atom is 0.269 e. The molecule has 0 bridgehead atoms. The molecular formula is C13H19N3O4S. The molecule has 1 aliphatic heterocycles. The van der Waals surface area contributed by atoms with Gasteiger partial charge in [-0.1, -0.05) is 0 Å². The van der Waals surface area contributed by atoms with Gasteiger partial charge in [-0.2, -0.15) is 0 Å². The fourth-order valence-electron chi connectivity index (χ4n) is 2.42. The molecule has 0 amide bonds. The quantitative estimate of drug-likeness (QED) is 0.604. The number of anilines is 1. The zero-order chi connectivity index (χ0) is 15.5. The highest BCUT2D eigenvalue weighted by atomic mass is 32.2. The molecule has 21 heavy (non-hydrogen) atoms. The summed E-state index contributed by atoms with van der Waals surface area (Å²) in [6, 6.07) is 6.69. The van der Waals surface area contributed by atoms with Gasteiger partial charge in [0, 0.05) is 42.7 Å². The number of nitrogens with zero attached hydrogens (tertiary/aromatic N) is 1. The van der Waals surface area contributed by atoms with Crippen LogP contribution in [0.2, 0.25) is 0 Å². The largest absolute Gasteiger partial charge is 0.381 e. The minimum absolute atomic E-state index is 0.0659. The van der Waals surface area contributed by atoms with E-state index in [1.54, 1.807) is 12.1 Å². The topological polar surface area (TPSA) is 101 Å². The van der Waals surface area contributed by atoms with Crippen molar-refractivity contribution in [2.45, 2.75) is 24.9 Å². The zero-order valence-corrected chi connectivity index (χ0v) is 12.6. The summed E-state index contributed by atoms with van der Waals surface area (Å²) in [5.41, 5.74) is 0.896. The first-order chi connectivity index (χ1) is 9.83. The molecule has 1 saturated heterocycles. The molecule has 1 fully saturated rings. The Balaban J connectivity index is 1.83. The van der Waals surface area contributed by atoms with Crippen LogP contribution in [0.25, 0.3) is 0 Å². The van der Waals surface area contributed by atoms with Crippen LogP contribution in [0.15, 0.2) is 24.3 Å². The smallest absolute Gasteiger partial charge is 0.269 e. The Kier molecular flexibility index (Phi) is 4.79. The second-order valence-electron chi connectivity index (χ2n) is 5.40. The van der Waals surface area contributed by atoms with Gasteiger partial charge in [-0.15, -0.1) is 0 Å². The van der Waals surface area contributed by atoms with E-state index in [2.05, 4.69) is 10.6 Å². The van der Waals surface area contributed by atoms with Gasteiger partial charge >= 0.3 is 0 Å². The van der Waals surface area contributed by atoms with Crippen molar-refractivity contribution >= 4 is 21.2 Å². The molecule has 7 nitrogen and oxygen atoms in total. The molecule has 8 heteroatoms. The molecule has 2 N–H and O–H groups in total. The van der Waals surface area contributed by atoms with E-state index >= 15 is 0 Å². The van der Waals surface area contributed by atoms with Crippen LogP contribution in [-0.2, 0) is 9.84 Å². The molecule has 0 radical (unpaired) electrons. The second-order valence-corrected chi connectivity index (χ2v) is 7.66. The molecular weight excluding hydrogens is 294 g/mol. The van der Waals surface area contributed by atoms with Crippen molar-refractivity contribution in [1.29, 1.82) is 0 Å². The summed E-state index contributed by atoms with van der Waals surface area (Å²) in [5, 5.41) is 17.2. The van der Waals surface area contributed by atoms with Crippen LogP contribution in [0.5, 0.6) is 0 Å². The third-order valence-corrected chi connectivity index (χ3v) is 4.49. The average Bonchev–Trinajstić information content (AvgIpc) is 2.84. The van der Waals surface area contributed by atoms with Gasteiger partial charge in [-0.25, -0.2) is 8.42 Å². The van der Waals surface area contributed by atoms with Crippen LogP contribution in [0.1, 0.15) is 12.8 Å². The average molecular weight is 313 g/mol. The summed E-state index contributed by atoms with van der Waals surface area (Å²) in [4.78, 5) is 10.2. The lowest BCUT2D eigenvalue weighted by Crippen LogP contribution is -2.24. The Labute approximate surface area is 123 Å². The third-order valence-electron chi connectivity index (χ3n) is 3.51. The maximum absolute atomic E-state index is 11.1. The van der Waals surface area contributed by atoms with Crippen LogP contribution in [0.3, 0.4) is 0 Å². The van der Waals surface area contributed by atoms with Crippen molar-refractivity contribution in [3.05, 3.63) is 34.4 Å². The molecule has 1 aliphatic rings. The standard InChI is InChI=1S/C13H19N3O4S/c1-21(19,20)7-6-11-8-12(9-14-11)15-10-2-4-13(5-3-10)16(17)18/h2-5,11-12,14-15H,6-9H2,1H3. The molecule has 1 heterocycles. The molecule has 2 atom stereocenters. The fourth-order valence-corrected chi connectivity index (χ4v) is 3.13. The molecule has 116 valence electrons. The van der Waals surface area contributed by atoms with Crippen LogP contribution in [0.4, 0.5) is 11.4 Å². The summed E-state index contributed by atoms with van der Waals surface area (Å²) < 4.78 is 22.3. The Morgan fingerprint density at radius 1 is 1.38 bits per heavy atom. The van der Waals surface area contributed by atoms with Gasteiger partial charge in [0.2, 0.25) is 0 Å². The summed E-state index contributed by atoms with van der Waals surface area (Å²) in [7, 11) is -2.93. The summed E-state index contributed by atoms with van der Waals surface area (Å²) in [6.07, 6.45) is 2.69. The van der Waals surface area contributed by atoms with Crippen molar-refractivity contribution in [3.8, 4) is 0 Å². The highest BCUT2D eigenvalue weighted by Crippen LogP contribution is 2.19. The highest BCUT2D eigenvalue weighted by molar-refractivity contribution is 7.90. The minimum atomic E-state index is -2.93. The van der Waals surface area contributed by atoms with E-state index in [9.17, 15) is 18.5 Å². The SMILES string of the molecule is CS(=O)(=O)CCC1CC(Nc2ccc([N+](=O)[O-])cc2)CN1. The van der Waals surface area contributed by atoms with Crippen LogP contribution in [-0.4, -0.2) is 44.0 Å². The van der Waals surface area contributed by atoms with E-state index in [0.717, 1.165) is 18.7 Å². The summed E-state index contributed by atoms with van der Waals surface area (Å²) in [5.74, 6) is 0.189. The molecule has 0 aliphatic carbocycles. The van der Waals surface area contributed by atoms with Crippen LogP contribution < -0.4 is 10.6 Å². The molecule has 0 spiro atoms. The number of non-ortho nitro benzene ring substituents is 1. The van der Waals surface area contributed by atoms with Gasteiger partial charge in [0.25, 0.3) is 5.69 Å². The van der Waals surface area contributed by atoms with Crippen LogP contribution in [0, 0.1) is 10.1 Å². The van der Waals surface area contributed by atoms with Gasteiger partial charge < -0.3 is 10.6 Å². The van der Waals surface area contributed by atoms with Gasteiger partial charge in [0.05, 0.1) is 10.7 Å². The predicted molar refractivity (Wildman–Crippen MR) is 81.2 cm³/mol. The van der Waals surface area contributed by atoms with Crippen molar-refractivity contribution < 1.29 is 13.3 Å². The van der Waals surface area contributed by atoms with E-state index < -0.39 is 14.8 Å².